The van der Waals surface area contributed by atoms with Gasteiger partial charge in [-0.2, -0.15) is 12.6 Å². The molecule has 0 saturated carbocycles. The first-order chi connectivity index (χ1) is 11.4. The fraction of sp³-hybridized carbons (Fsp3) is 0.632. The highest BCUT2D eigenvalue weighted by molar-refractivity contribution is 7.80. The van der Waals surface area contributed by atoms with E-state index in [-0.39, 0.29) is 17.8 Å². The van der Waals surface area contributed by atoms with E-state index in [1.807, 2.05) is 12.1 Å². The zero-order valence-electron chi connectivity index (χ0n) is 14.6. The number of nitrogens with zero attached hydrogens (tertiary/aromatic N) is 1. The summed E-state index contributed by atoms with van der Waals surface area (Å²) in [4.78, 5) is 12.7. The molecule has 2 heterocycles. The molecule has 2 saturated heterocycles. The van der Waals surface area contributed by atoms with Crippen molar-refractivity contribution in [1.29, 1.82) is 0 Å². The second kappa shape index (κ2) is 6.89. The van der Waals surface area contributed by atoms with Gasteiger partial charge >= 0.3 is 5.97 Å². The molecule has 6 atom stereocenters. The molecular weight excluding hydrogens is 342 g/mol. The third kappa shape index (κ3) is 3.09. The van der Waals surface area contributed by atoms with Crippen molar-refractivity contribution in [2.24, 2.45) is 5.92 Å². The highest BCUT2D eigenvalue weighted by atomic mass is 35.5. The molecule has 1 aromatic rings. The number of hydrogen-bond acceptors (Lipinski definition) is 3. The van der Waals surface area contributed by atoms with Crippen molar-refractivity contribution in [2.75, 3.05) is 20.7 Å². The summed E-state index contributed by atoms with van der Waals surface area (Å²) in [6, 6.07) is 8.88. The van der Waals surface area contributed by atoms with Crippen LogP contribution in [-0.4, -0.2) is 48.5 Å². The first-order valence-corrected chi connectivity index (χ1v) is 9.62. The van der Waals surface area contributed by atoms with Crippen LogP contribution < -0.4 is 0 Å². The van der Waals surface area contributed by atoms with Crippen molar-refractivity contribution in [1.82, 2.24) is 0 Å². The van der Waals surface area contributed by atoms with Gasteiger partial charge in [0.25, 0.3) is 0 Å². The number of methoxy groups -OCH3 is 1. The Hall–Kier alpha value is -0.710. The molecule has 1 aromatic carbocycles. The monoisotopic (exact) mass is 368 g/mol. The van der Waals surface area contributed by atoms with Gasteiger partial charge in [0.1, 0.15) is 12.0 Å². The van der Waals surface area contributed by atoms with Gasteiger partial charge in [0, 0.05) is 35.5 Å². The number of fused-ring (bicyclic) bond motifs is 2. The number of ether oxygens (including phenoxy) is 1. The Balaban J connectivity index is 1.98. The van der Waals surface area contributed by atoms with Gasteiger partial charge in [-0.3, -0.25) is 4.79 Å². The van der Waals surface area contributed by atoms with Crippen LogP contribution in [-0.2, 0) is 9.53 Å². The fourth-order valence-corrected chi connectivity index (χ4v) is 5.68. The van der Waals surface area contributed by atoms with E-state index in [0.29, 0.717) is 17.3 Å². The van der Waals surface area contributed by atoms with Crippen molar-refractivity contribution < 1.29 is 14.0 Å². The molecule has 24 heavy (non-hydrogen) atoms. The summed E-state index contributed by atoms with van der Waals surface area (Å²) in [5.41, 5.74) is 1.21. The van der Waals surface area contributed by atoms with Crippen LogP contribution in [0.25, 0.3) is 0 Å². The molecule has 2 fully saturated rings. The molecule has 5 heteroatoms. The van der Waals surface area contributed by atoms with Crippen LogP contribution >= 0.6 is 24.2 Å². The zero-order valence-corrected chi connectivity index (χ0v) is 16.3. The van der Waals surface area contributed by atoms with Gasteiger partial charge in [0.05, 0.1) is 26.7 Å². The van der Waals surface area contributed by atoms with Gasteiger partial charge in [-0.1, -0.05) is 23.7 Å². The number of piperidine rings is 1. The topological polar surface area (TPSA) is 26.3 Å². The molecule has 2 aliphatic heterocycles. The molecule has 2 aliphatic rings. The smallest absolute Gasteiger partial charge is 0.315 e. The minimum absolute atomic E-state index is 0.0727. The molecule has 0 amide bonds. The summed E-state index contributed by atoms with van der Waals surface area (Å²) < 4.78 is 6.17. The summed E-state index contributed by atoms with van der Waals surface area (Å²) in [6.07, 6.45) is 3.29. The molecule has 0 radical (unpaired) electrons. The average molecular weight is 369 g/mol. The minimum Gasteiger partial charge on any atom is -0.469 e. The van der Waals surface area contributed by atoms with Crippen LogP contribution in [0.4, 0.5) is 0 Å². The van der Waals surface area contributed by atoms with Gasteiger partial charge in [-0.25, -0.2) is 0 Å². The van der Waals surface area contributed by atoms with Crippen molar-refractivity contribution in [2.45, 2.75) is 49.4 Å². The Morgan fingerprint density at radius 3 is 2.62 bits per heavy atom. The third-order valence-corrected chi connectivity index (χ3v) is 6.61. The van der Waals surface area contributed by atoms with Gasteiger partial charge in [0.15, 0.2) is 0 Å². The van der Waals surface area contributed by atoms with E-state index in [0.717, 1.165) is 28.9 Å². The summed E-state index contributed by atoms with van der Waals surface area (Å²) in [5, 5.41) is 1.06. The number of hydrogen-bond donors (Lipinski definition) is 1. The Morgan fingerprint density at radius 2 is 2.04 bits per heavy atom. The van der Waals surface area contributed by atoms with E-state index >= 15 is 0 Å². The molecule has 0 aliphatic carbocycles. The number of carbonyl (C=O) groups excluding carboxylic acids is 1. The maximum atomic E-state index is 12.7. The quantitative estimate of drug-likeness (QED) is 0.495. The van der Waals surface area contributed by atoms with Crippen molar-refractivity contribution in [3.8, 4) is 0 Å². The molecule has 132 valence electrons. The van der Waals surface area contributed by atoms with Crippen LogP contribution in [0.5, 0.6) is 0 Å². The second-order valence-electron chi connectivity index (χ2n) is 7.62. The van der Waals surface area contributed by atoms with E-state index in [2.05, 4.69) is 38.7 Å². The summed E-state index contributed by atoms with van der Waals surface area (Å²) in [7, 11) is 3.82. The Labute approximate surface area is 155 Å². The highest BCUT2D eigenvalue weighted by Gasteiger charge is 2.59. The van der Waals surface area contributed by atoms with Crippen LogP contribution in [0.1, 0.15) is 37.7 Å². The maximum absolute atomic E-state index is 12.7. The van der Waals surface area contributed by atoms with Crippen molar-refractivity contribution in [3.05, 3.63) is 34.9 Å². The molecular formula is C19H27ClNO2S+. The van der Waals surface area contributed by atoms with Gasteiger partial charge < -0.3 is 9.22 Å². The molecule has 0 N–H and O–H groups in total. The Bertz CT molecular complexity index is 606. The van der Waals surface area contributed by atoms with E-state index in [1.165, 1.54) is 19.1 Å². The first-order valence-electron chi connectivity index (χ1n) is 8.73. The number of halogens is 1. The predicted molar refractivity (Wildman–Crippen MR) is 101 cm³/mol. The van der Waals surface area contributed by atoms with Gasteiger partial charge in [-0.15, -0.1) is 0 Å². The normalized spacial score (nSPS) is 36.4. The van der Waals surface area contributed by atoms with Crippen molar-refractivity contribution in [3.63, 3.8) is 0 Å². The molecule has 0 spiro atoms. The zero-order chi connectivity index (χ0) is 17.5. The lowest BCUT2D eigenvalue weighted by Gasteiger charge is -2.50. The summed E-state index contributed by atoms with van der Waals surface area (Å²) in [6.45, 7) is 3.14. The fourth-order valence-electron chi connectivity index (χ4n) is 5.20. The SMILES string of the molecule is COC(=O)[C@@H]1C2CCC(C[C@@H]1c1ccc(Cl)cc1)[N+]2(C)CC(C)S. The van der Waals surface area contributed by atoms with Crippen molar-refractivity contribution >= 4 is 30.2 Å². The average Bonchev–Trinajstić information content (AvgIpc) is 2.73. The molecule has 3 nitrogen and oxygen atoms in total. The van der Waals surface area contributed by atoms with E-state index in [4.69, 9.17) is 16.3 Å². The summed E-state index contributed by atoms with van der Waals surface area (Å²) >= 11 is 10.7. The Morgan fingerprint density at radius 1 is 1.38 bits per heavy atom. The van der Waals surface area contributed by atoms with Crippen LogP contribution in [0.15, 0.2) is 24.3 Å². The highest BCUT2D eigenvalue weighted by Crippen LogP contribution is 2.51. The lowest BCUT2D eigenvalue weighted by molar-refractivity contribution is -0.950. The third-order valence-electron chi connectivity index (χ3n) is 6.19. The van der Waals surface area contributed by atoms with E-state index in [9.17, 15) is 4.79 Å². The number of quaternary nitrogens is 1. The predicted octanol–water partition coefficient (Wildman–Crippen LogP) is 3.91. The first kappa shape index (κ1) is 18.1. The number of esters is 1. The molecule has 3 rings (SSSR count). The van der Waals surface area contributed by atoms with Crippen LogP contribution in [0, 0.1) is 5.92 Å². The lowest BCUT2D eigenvalue weighted by Crippen LogP contribution is -2.63. The number of benzene rings is 1. The molecule has 4 unspecified atom stereocenters. The molecule has 2 bridgehead atoms. The number of rotatable bonds is 4. The number of carbonyl (C=O) groups is 1. The summed E-state index contributed by atoms with van der Waals surface area (Å²) in [5.74, 6) is 0.0529. The van der Waals surface area contributed by atoms with E-state index < -0.39 is 0 Å². The lowest BCUT2D eigenvalue weighted by atomic mass is 9.74. The largest absolute Gasteiger partial charge is 0.469 e. The minimum atomic E-state index is -0.0907. The number of thiol groups is 1. The maximum Gasteiger partial charge on any atom is 0.315 e. The van der Waals surface area contributed by atoms with Gasteiger partial charge in [0.2, 0.25) is 0 Å². The van der Waals surface area contributed by atoms with E-state index in [1.54, 1.807) is 0 Å². The van der Waals surface area contributed by atoms with Crippen LogP contribution in [0.3, 0.4) is 0 Å². The second-order valence-corrected chi connectivity index (χ2v) is 8.94. The Kier molecular flexibility index (Phi) is 5.19. The molecule has 0 aromatic heterocycles. The standard InChI is InChI=1S/C19H26ClNO2S/c1-12(24)11-21(2)15-8-9-17(21)18(19(22)23-3)16(10-15)13-4-6-14(20)7-5-13/h4-7,12,15-18H,8-11H2,1-3H3/p+1/t12?,15?,16-,17?,18+,21?/m1/s1. The van der Waals surface area contributed by atoms with Gasteiger partial charge in [-0.05, 0) is 24.6 Å². The van der Waals surface area contributed by atoms with Crippen LogP contribution in [0.2, 0.25) is 5.02 Å².